The highest BCUT2D eigenvalue weighted by molar-refractivity contribution is 5.78. The van der Waals surface area contributed by atoms with Gasteiger partial charge < -0.3 is 19.5 Å². The number of hydrogen-bond acceptors (Lipinski definition) is 5. The topological polar surface area (TPSA) is 76.1 Å². The zero-order valence-electron chi connectivity index (χ0n) is 14.4. The summed E-state index contributed by atoms with van der Waals surface area (Å²) in [5.41, 5.74) is 0. The molecule has 0 bridgehead atoms. The summed E-state index contributed by atoms with van der Waals surface area (Å²) in [4.78, 5) is 25.5. The van der Waals surface area contributed by atoms with Gasteiger partial charge in [-0.2, -0.15) is 0 Å². The number of ether oxygens (including phenoxy) is 2. The van der Waals surface area contributed by atoms with Crippen molar-refractivity contribution < 1.29 is 24.2 Å². The summed E-state index contributed by atoms with van der Waals surface area (Å²) >= 11 is 0. The van der Waals surface area contributed by atoms with Gasteiger partial charge in [0.1, 0.15) is 5.75 Å². The number of hydrogen-bond donors (Lipinski definition) is 1. The van der Waals surface area contributed by atoms with Gasteiger partial charge in [0.2, 0.25) is 5.91 Å². The van der Waals surface area contributed by atoms with Crippen LogP contribution in [0.3, 0.4) is 0 Å². The summed E-state index contributed by atoms with van der Waals surface area (Å²) in [7, 11) is 1.33. The highest BCUT2D eigenvalue weighted by atomic mass is 16.5. The molecule has 0 aliphatic rings. The fourth-order valence-electron chi connectivity index (χ4n) is 2.27. The van der Waals surface area contributed by atoms with Crippen molar-refractivity contribution in [2.24, 2.45) is 5.92 Å². The molecule has 1 atom stereocenters. The first-order valence-corrected chi connectivity index (χ1v) is 8.22. The van der Waals surface area contributed by atoms with Gasteiger partial charge in [-0.25, -0.2) is 0 Å². The monoisotopic (exact) mass is 337 g/mol. The zero-order chi connectivity index (χ0) is 17.8. The second kappa shape index (κ2) is 11.5. The Kier molecular flexibility index (Phi) is 9.53. The van der Waals surface area contributed by atoms with Gasteiger partial charge in [-0.1, -0.05) is 25.1 Å². The third-order valence-corrected chi connectivity index (χ3v) is 3.58. The smallest absolute Gasteiger partial charge is 0.310 e. The Labute approximate surface area is 143 Å². The number of aliphatic hydroxyl groups excluding tert-OH is 1. The Balaban J connectivity index is 2.41. The first-order valence-electron chi connectivity index (χ1n) is 8.22. The highest BCUT2D eigenvalue weighted by Crippen LogP contribution is 2.10. The number of carbonyl (C=O) groups is 2. The molecule has 0 aromatic heterocycles. The fourth-order valence-corrected chi connectivity index (χ4v) is 2.27. The minimum Gasteiger partial charge on any atom is -0.494 e. The van der Waals surface area contributed by atoms with E-state index < -0.39 is 5.92 Å². The number of aliphatic hydroxyl groups is 1. The number of carbonyl (C=O) groups excluding carboxylic acids is 2. The van der Waals surface area contributed by atoms with E-state index in [9.17, 15) is 9.59 Å². The van der Waals surface area contributed by atoms with Gasteiger partial charge in [0.25, 0.3) is 0 Å². The first-order chi connectivity index (χ1) is 11.6. The van der Waals surface area contributed by atoms with E-state index in [1.54, 1.807) is 11.8 Å². The van der Waals surface area contributed by atoms with Gasteiger partial charge in [0.15, 0.2) is 0 Å². The van der Waals surface area contributed by atoms with Gasteiger partial charge in [0.05, 0.1) is 19.6 Å². The summed E-state index contributed by atoms with van der Waals surface area (Å²) in [6.07, 6.45) is 1.42. The number of para-hydroxylation sites is 1. The van der Waals surface area contributed by atoms with Crippen LogP contribution in [0.25, 0.3) is 0 Å². The van der Waals surface area contributed by atoms with Crippen molar-refractivity contribution in [1.29, 1.82) is 0 Å². The number of nitrogens with zero attached hydrogens (tertiary/aromatic N) is 1. The van der Waals surface area contributed by atoms with E-state index in [-0.39, 0.29) is 18.5 Å². The molecule has 6 nitrogen and oxygen atoms in total. The lowest BCUT2D eigenvalue weighted by Gasteiger charge is -2.25. The molecule has 1 unspecified atom stereocenters. The molecule has 134 valence electrons. The number of esters is 1. The van der Waals surface area contributed by atoms with E-state index in [0.717, 1.165) is 5.75 Å². The molecule has 0 saturated carbocycles. The molecule has 0 saturated heterocycles. The molecular formula is C18H27NO5. The van der Waals surface area contributed by atoms with Crippen LogP contribution in [0.5, 0.6) is 5.75 Å². The number of rotatable bonds is 11. The zero-order valence-corrected chi connectivity index (χ0v) is 14.4. The average molecular weight is 337 g/mol. The minimum absolute atomic E-state index is 0.00744. The van der Waals surface area contributed by atoms with Crippen molar-refractivity contribution in [1.82, 2.24) is 4.90 Å². The number of amides is 1. The lowest BCUT2D eigenvalue weighted by molar-refractivity contribution is -0.146. The highest BCUT2D eigenvalue weighted by Gasteiger charge is 2.21. The van der Waals surface area contributed by atoms with Crippen LogP contribution >= 0.6 is 0 Å². The molecule has 1 aromatic rings. The van der Waals surface area contributed by atoms with Crippen molar-refractivity contribution in [2.75, 3.05) is 33.4 Å². The molecule has 0 heterocycles. The molecule has 1 rings (SSSR count). The third-order valence-electron chi connectivity index (χ3n) is 3.58. The molecule has 0 fully saturated rings. The quantitative estimate of drug-likeness (QED) is 0.493. The molecule has 1 N–H and O–H groups in total. The maximum absolute atomic E-state index is 12.3. The maximum Gasteiger partial charge on any atom is 0.310 e. The van der Waals surface area contributed by atoms with Gasteiger partial charge in [-0.05, 0) is 25.0 Å². The fraction of sp³-hybridized carbons (Fsp3) is 0.556. The number of benzene rings is 1. The molecule has 0 radical (unpaired) electrons. The molecule has 24 heavy (non-hydrogen) atoms. The Morgan fingerprint density at radius 1 is 1.21 bits per heavy atom. The van der Waals surface area contributed by atoms with Crippen molar-refractivity contribution in [2.45, 2.75) is 26.2 Å². The van der Waals surface area contributed by atoms with Crippen LogP contribution in [0.15, 0.2) is 30.3 Å². The predicted octanol–water partition coefficient (Wildman–Crippen LogP) is 1.87. The molecular weight excluding hydrogens is 310 g/mol. The van der Waals surface area contributed by atoms with E-state index in [4.69, 9.17) is 14.6 Å². The summed E-state index contributed by atoms with van der Waals surface area (Å²) in [6, 6.07) is 9.44. The van der Waals surface area contributed by atoms with Gasteiger partial charge in [0, 0.05) is 26.1 Å². The molecule has 6 heteroatoms. The van der Waals surface area contributed by atoms with Crippen LogP contribution < -0.4 is 4.74 Å². The lowest BCUT2D eigenvalue weighted by atomic mass is 10.1. The number of methoxy groups -OCH3 is 1. The maximum atomic E-state index is 12.3. The second-order valence-electron chi connectivity index (χ2n) is 5.61. The summed E-state index contributed by atoms with van der Waals surface area (Å²) < 4.78 is 10.3. The van der Waals surface area contributed by atoms with Crippen LogP contribution in [0, 0.1) is 5.92 Å². The Bertz CT molecular complexity index is 491. The average Bonchev–Trinajstić information content (AvgIpc) is 2.61. The van der Waals surface area contributed by atoms with E-state index in [2.05, 4.69) is 0 Å². The summed E-state index contributed by atoms with van der Waals surface area (Å²) in [6.45, 7) is 2.91. The van der Waals surface area contributed by atoms with Gasteiger partial charge in [-0.3, -0.25) is 9.59 Å². The van der Waals surface area contributed by atoms with Crippen LogP contribution in [0.2, 0.25) is 0 Å². The molecule has 1 amide bonds. The van der Waals surface area contributed by atoms with Crippen LogP contribution in [0.4, 0.5) is 0 Å². The molecule has 0 aliphatic carbocycles. The van der Waals surface area contributed by atoms with Crippen molar-refractivity contribution in [3.8, 4) is 5.75 Å². The van der Waals surface area contributed by atoms with Crippen LogP contribution in [-0.4, -0.2) is 55.3 Å². The normalized spacial score (nSPS) is 11.6. The van der Waals surface area contributed by atoms with Crippen LogP contribution in [0.1, 0.15) is 26.2 Å². The van der Waals surface area contributed by atoms with Crippen molar-refractivity contribution >= 4 is 11.9 Å². The largest absolute Gasteiger partial charge is 0.494 e. The minimum atomic E-state index is -0.391. The SMILES string of the molecule is COC(=O)C(C)CN(CCCO)C(=O)CCCOc1ccccc1. The molecule has 0 aliphatic heterocycles. The third kappa shape index (κ3) is 7.46. The standard InChI is InChI=1S/C18H27NO5/c1-15(18(22)23-2)14-19(11-7-12-20)17(21)10-6-13-24-16-8-4-3-5-9-16/h3-5,8-9,15,20H,6-7,10-14H2,1-2H3. The van der Waals surface area contributed by atoms with E-state index in [1.165, 1.54) is 7.11 Å². The Morgan fingerprint density at radius 2 is 1.92 bits per heavy atom. The van der Waals surface area contributed by atoms with Crippen LogP contribution in [-0.2, 0) is 14.3 Å². The Morgan fingerprint density at radius 3 is 2.54 bits per heavy atom. The van der Waals surface area contributed by atoms with E-state index in [1.807, 2.05) is 30.3 Å². The van der Waals surface area contributed by atoms with E-state index in [0.29, 0.717) is 39.0 Å². The summed E-state index contributed by atoms with van der Waals surface area (Å²) in [5, 5.41) is 8.98. The Hall–Kier alpha value is -2.08. The summed E-state index contributed by atoms with van der Waals surface area (Å²) in [5.74, 6) is -0.000292. The molecule has 0 spiro atoms. The van der Waals surface area contributed by atoms with Gasteiger partial charge >= 0.3 is 5.97 Å². The first kappa shape index (κ1) is 20.0. The predicted molar refractivity (Wildman–Crippen MR) is 90.6 cm³/mol. The molecule has 1 aromatic carbocycles. The lowest BCUT2D eigenvalue weighted by Crippen LogP contribution is -2.38. The van der Waals surface area contributed by atoms with Crippen molar-refractivity contribution in [3.63, 3.8) is 0 Å². The van der Waals surface area contributed by atoms with Gasteiger partial charge in [-0.15, -0.1) is 0 Å². The second-order valence-corrected chi connectivity index (χ2v) is 5.61. The van der Waals surface area contributed by atoms with E-state index >= 15 is 0 Å². The van der Waals surface area contributed by atoms with Crippen molar-refractivity contribution in [3.05, 3.63) is 30.3 Å².